The smallest absolute Gasteiger partial charge is 0.378 e. The predicted octanol–water partition coefficient (Wildman–Crippen LogP) is 1.20. The molecule has 8 heteroatoms. The fourth-order valence-electron chi connectivity index (χ4n) is 2.37. The Balaban J connectivity index is 0.00000180. The number of halogens is 4. The van der Waals surface area contributed by atoms with Crippen molar-refractivity contribution in [3.63, 3.8) is 0 Å². The number of amides is 1. The van der Waals surface area contributed by atoms with E-state index in [2.05, 4.69) is 5.32 Å². The van der Waals surface area contributed by atoms with Crippen LogP contribution in [0.15, 0.2) is 0 Å². The molecule has 4 nitrogen and oxygen atoms in total. The maximum Gasteiger partial charge on any atom is 0.391 e. The fraction of sp³-hybridized carbons (Fsp3) is 0.909. The maximum atomic E-state index is 12.5. The van der Waals surface area contributed by atoms with Crippen LogP contribution in [0.3, 0.4) is 0 Å². The van der Waals surface area contributed by atoms with Gasteiger partial charge >= 0.3 is 6.18 Å². The molecule has 0 aromatic heterocycles. The second-order valence-corrected chi connectivity index (χ2v) is 4.72. The van der Waals surface area contributed by atoms with Crippen molar-refractivity contribution in [2.24, 2.45) is 5.92 Å². The number of nitrogens with zero attached hydrogens (tertiary/aromatic N) is 1. The molecule has 2 fully saturated rings. The lowest BCUT2D eigenvalue weighted by Crippen LogP contribution is -2.54. The number of nitrogens with one attached hydrogen (secondary N) is 1. The highest BCUT2D eigenvalue weighted by Crippen LogP contribution is 2.34. The van der Waals surface area contributed by atoms with Crippen molar-refractivity contribution >= 4 is 18.3 Å². The van der Waals surface area contributed by atoms with Gasteiger partial charge in [0.2, 0.25) is 5.91 Å². The van der Waals surface area contributed by atoms with Crippen LogP contribution < -0.4 is 5.32 Å². The number of ether oxygens (including phenoxy) is 1. The zero-order valence-corrected chi connectivity index (χ0v) is 11.2. The molecule has 2 heterocycles. The monoisotopic (exact) mass is 302 g/mol. The Bertz CT molecular complexity index is 301. The molecular weight excluding hydrogens is 285 g/mol. The number of morpholine rings is 1. The average Bonchev–Trinajstić information content (AvgIpc) is 2.38. The van der Waals surface area contributed by atoms with Crippen LogP contribution >= 0.6 is 12.4 Å². The van der Waals surface area contributed by atoms with E-state index in [9.17, 15) is 18.0 Å². The van der Waals surface area contributed by atoms with Crippen LogP contribution in [0.5, 0.6) is 0 Å². The Kier molecular flexibility index (Phi) is 5.88. The summed E-state index contributed by atoms with van der Waals surface area (Å²) >= 11 is 0. The van der Waals surface area contributed by atoms with Gasteiger partial charge in [0.25, 0.3) is 0 Å². The highest BCUT2D eigenvalue weighted by molar-refractivity contribution is 5.85. The molecule has 2 saturated heterocycles. The van der Waals surface area contributed by atoms with Gasteiger partial charge in [-0.3, -0.25) is 4.79 Å². The van der Waals surface area contributed by atoms with Crippen molar-refractivity contribution in [1.82, 2.24) is 10.2 Å². The van der Waals surface area contributed by atoms with Crippen LogP contribution in [0.25, 0.3) is 0 Å². The van der Waals surface area contributed by atoms with Gasteiger partial charge in [-0.05, 0) is 12.8 Å². The highest BCUT2D eigenvalue weighted by atomic mass is 35.5. The van der Waals surface area contributed by atoms with Crippen LogP contribution in [0.1, 0.15) is 12.8 Å². The minimum atomic E-state index is -4.14. The Morgan fingerprint density at radius 2 is 1.89 bits per heavy atom. The molecule has 0 bridgehead atoms. The summed E-state index contributed by atoms with van der Waals surface area (Å²) in [4.78, 5) is 13.5. The molecule has 0 aromatic carbocycles. The third-order valence-corrected chi connectivity index (χ3v) is 3.49. The van der Waals surface area contributed by atoms with Gasteiger partial charge < -0.3 is 15.0 Å². The Hall–Kier alpha value is -0.530. The van der Waals surface area contributed by atoms with Gasteiger partial charge in [0.15, 0.2) is 0 Å². The zero-order chi connectivity index (χ0) is 13.2. The van der Waals surface area contributed by atoms with Gasteiger partial charge in [-0.1, -0.05) is 0 Å². The van der Waals surface area contributed by atoms with Crippen molar-refractivity contribution < 1.29 is 22.7 Å². The number of hydrogen-bond donors (Lipinski definition) is 1. The number of alkyl halides is 3. The molecule has 0 saturated carbocycles. The molecule has 1 N–H and O–H groups in total. The lowest BCUT2D eigenvalue weighted by atomic mass is 9.96. The lowest BCUT2D eigenvalue weighted by molar-refractivity contribution is -0.187. The van der Waals surface area contributed by atoms with Crippen LogP contribution in [0.4, 0.5) is 13.2 Å². The molecule has 0 radical (unpaired) electrons. The Labute approximate surface area is 116 Å². The van der Waals surface area contributed by atoms with E-state index in [4.69, 9.17) is 4.74 Å². The minimum absolute atomic E-state index is 0. The third kappa shape index (κ3) is 4.22. The first-order valence-electron chi connectivity index (χ1n) is 6.15. The first kappa shape index (κ1) is 16.5. The molecule has 2 aliphatic heterocycles. The summed E-state index contributed by atoms with van der Waals surface area (Å²) in [6.45, 7) is 1.84. The normalized spacial score (nSPS) is 25.8. The number of piperidine rings is 1. The number of carbonyl (C=O) groups excluding carboxylic acids is 1. The van der Waals surface area contributed by atoms with E-state index in [1.807, 2.05) is 0 Å². The number of likely N-dealkylation sites (tertiary alicyclic amines) is 1. The topological polar surface area (TPSA) is 41.6 Å². The summed E-state index contributed by atoms with van der Waals surface area (Å²) in [5.74, 6) is -1.41. The third-order valence-electron chi connectivity index (χ3n) is 3.49. The van der Waals surface area contributed by atoms with E-state index in [0.717, 1.165) is 0 Å². The van der Waals surface area contributed by atoms with Gasteiger partial charge in [-0.15, -0.1) is 12.4 Å². The molecule has 112 valence electrons. The first-order valence-corrected chi connectivity index (χ1v) is 6.15. The fourth-order valence-corrected chi connectivity index (χ4v) is 2.37. The summed E-state index contributed by atoms with van der Waals surface area (Å²) in [5, 5.41) is 3.02. The number of rotatable bonds is 1. The Morgan fingerprint density at radius 1 is 1.26 bits per heavy atom. The summed E-state index contributed by atoms with van der Waals surface area (Å²) in [5.41, 5.74) is 0. The Morgan fingerprint density at radius 3 is 2.37 bits per heavy atom. The van der Waals surface area contributed by atoms with E-state index in [1.165, 1.54) is 4.90 Å². The number of hydrogen-bond acceptors (Lipinski definition) is 3. The predicted molar refractivity (Wildman–Crippen MR) is 65.2 cm³/mol. The molecular formula is C11H18ClF3N2O2. The van der Waals surface area contributed by atoms with Gasteiger partial charge in [-0.2, -0.15) is 13.2 Å². The lowest BCUT2D eigenvalue weighted by Gasteiger charge is -2.35. The van der Waals surface area contributed by atoms with E-state index < -0.39 is 18.1 Å². The van der Waals surface area contributed by atoms with Crippen molar-refractivity contribution in [2.75, 3.05) is 32.8 Å². The van der Waals surface area contributed by atoms with Crippen LogP contribution in [-0.2, 0) is 9.53 Å². The van der Waals surface area contributed by atoms with Crippen LogP contribution in [-0.4, -0.2) is 55.9 Å². The molecule has 2 rings (SSSR count). The second kappa shape index (κ2) is 6.76. The van der Waals surface area contributed by atoms with Crippen molar-refractivity contribution in [3.8, 4) is 0 Å². The highest BCUT2D eigenvalue weighted by Gasteiger charge is 2.42. The van der Waals surface area contributed by atoms with E-state index in [1.54, 1.807) is 0 Å². The van der Waals surface area contributed by atoms with Crippen LogP contribution in [0.2, 0.25) is 0 Å². The molecule has 0 aliphatic carbocycles. The molecule has 1 amide bonds. The van der Waals surface area contributed by atoms with E-state index in [0.29, 0.717) is 19.8 Å². The summed E-state index contributed by atoms with van der Waals surface area (Å²) in [7, 11) is 0. The van der Waals surface area contributed by atoms with Gasteiger partial charge in [0, 0.05) is 19.6 Å². The average molecular weight is 303 g/mol. The molecule has 19 heavy (non-hydrogen) atoms. The standard InChI is InChI=1S/C11H17F3N2O2.ClH/c12-11(13,14)8-1-4-16(5-2-8)10(17)9-7-18-6-3-15-9;/h8-9,15H,1-7H2;1H. The van der Waals surface area contributed by atoms with Crippen molar-refractivity contribution in [3.05, 3.63) is 0 Å². The van der Waals surface area contributed by atoms with E-state index in [-0.39, 0.29) is 44.2 Å². The largest absolute Gasteiger partial charge is 0.391 e. The molecule has 0 spiro atoms. The minimum Gasteiger partial charge on any atom is -0.378 e. The summed E-state index contributed by atoms with van der Waals surface area (Å²) in [6.07, 6.45) is -4.13. The van der Waals surface area contributed by atoms with E-state index >= 15 is 0 Å². The number of carbonyl (C=O) groups is 1. The quantitative estimate of drug-likeness (QED) is 0.791. The molecule has 0 aromatic rings. The SMILES string of the molecule is Cl.O=C(C1COCCN1)N1CCC(C(F)(F)F)CC1. The zero-order valence-electron chi connectivity index (χ0n) is 10.4. The molecule has 1 unspecified atom stereocenters. The van der Waals surface area contributed by atoms with Crippen molar-refractivity contribution in [2.45, 2.75) is 25.1 Å². The van der Waals surface area contributed by atoms with Gasteiger partial charge in [0.05, 0.1) is 19.1 Å². The van der Waals surface area contributed by atoms with Crippen molar-refractivity contribution in [1.29, 1.82) is 0 Å². The van der Waals surface area contributed by atoms with Crippen LogP contribution in [0, 0.1) is 5.92 Å². The first-order chi connectivity index (χ1) is 8.48. The van der Waals surface area contributed by atoms with Gasteiger partial charge in [0.1, 0.15) is 6.04 Å². The maximum absolute atomic E-state index is 12.5. The molecule has 2 aliphatic rings. The summed E-state index contributed by atoms with van der Waals surface area (Å²) in [6, 6.07) is -0.402. The molecule has 1 atom stereocenters. The second-order valence-electron chi connectivity index (χ2n) is 4.72. The van der Waals surface area contributed by atoms with Gasteiger partial charge in [-0.25, -0.2) is 0 Å². The summed E-state index contributed by atoms with van der Waals surface area (Å²) < 4.78 is 42.6.